The smallest absolute Gasteiger partial charge is 0.0931 e. The monoisotopic (exact) mass is 306 g/mol. The highest BCUT2D eigenvalue weighted by atomic mass is 16.5. The van der Waals surface area contributed by atoms with Gasteiger partial charge in [0.15, 0.2) is 0 Å². The van der Waals surface area contributed by atoms with Gasteiger partial charge in [0.05, 0.1) is 12.2 Å². The fraction of sp³-hybridized carbons (Fsp3) is 0.455. The third kappa shape index (κ3) is 2.42. The Hall–Kier alpha value is -1.60. The summed E-state index contributed by atoms with van der Waals surface area (Å²) in [6.45, 7) is 7.68. The number of ether oxygens (including phenoxy) is 1. The summed E-state index contributed by atoms with van der Waals surface area (Å²) in [5.41, 5.74) is 7.10. The zero-order chi connectivity index (χ0) is 16.1. The van der Waals surface area contributed by atoms with Gasteiger partial charge in [0.1, 0.15) is 0 Å². The van der Waals surface area contributed by atoms with Crippen molar-refractivity contribution in [2.45, 2.75) is 57.5 Å². The Labute approximate surface area is 139 Å². The lowest BCUT2D eigenvalue weighted by Gasteiger charge is -2.41. The molecule has 1 saturated carbocycles. The van der Waals surface area contributed by atoms with Crippen LogP contribution in [0.15, 0.2) is 42.5 Å². The molecule has 0 aromatic heterocycles. The van der Waals surface area contributed by atoms with E-state index in [4.69, 9.17) is 4.74 Å². The van der Waals surface area contributed by atoms with E-state index < -0.39 is 0 Å². The van der Waals surface area contributed by atoms with Gasteiger partial charge in [-0.3, -0.25) is 0 Å². The van der Waals surface area contributed by atoms with Crippen molar-refractivity contribution in [3.05, 3.63) is 59.2 Å². The number of aryl methyl sites for hydroxylation is 1. The van der Waals surface area contributed by atoms with Gasteiger partial charge < -0.3 is 4.74 Å². The number of rotatable bonds is 3. The maximum atomic E-state index is 5.94. The normalized spacial score (nSPS) is 25.5. The topological polar surface area (TPSA) is 9.23 Å². The first-order valence-corrected chi connectivity index (χ1v) is 8.86. The summed E-state index contributed by atoms with van der Waals surface area (Å²) < 4.78 is 5.94. The Kier molecular flexibility index (Phi) is 3.39. The fourth-order valence-electron chi connectivity index (χ4n) is 4.04. The molecule has 1 aliphatic carbocycles. The minimum absolute atomic E-state index is 0.112. The molecule has 4 rings (SSSR count). The molecule has 0 bridgehead atoms. The molecule has 120 valence electrons. The summed E-state index contributed by atoms with van der Waals surface area (Å²) in [6.07, 6.45) is 5.11. The molecule has 2 aliphatic rings. The lowest BCUT2D eigenvalue weighted by atomic mass is 9.65. The first kappa shape index (κ1) is 15.0. The van der Waals surface area contributed by atoms with Crippen LogP contribution < -0.4 is 0 Å². The van der Waals surface area contributed by atoms with Crippen molar-refractivity contribution in [2.75, 3.05) is 6.61 Å². The Balaban J connectivity index is 1.81. The SMILES string of the molecule is Cc1ccc(C2(C)CCO2)c(-c2cccc(C3(C)CCC3)c2)c1. The summed E-state index contributed by atoms with van der Waals surface area (Å²) in [6, 6.07) is 16.0. The van der Waals surface area contributed by atoms with Crippen molar-refractivity contribution < 1.29 is 4.74 Å². The van der Waals surface area contributed by atoms with Crippen LogP contribution in [-0.2, 0) is 15.8 Å². The second-order valence-corrected chi connectivity index (χ2v) is 7.87. The Morgan fingerprint density at radius 3 is 2.35 bits per heavy atom. The lowest BCUT2D eigenvalue weighted by Crippen LogP contribution is -2.38. The molecule has 1 atom stereocenters. The Morgan fingerprint density at radius 1 is 0.957 bits per heavy atom. The standard InChI is InChI=1S/C22H26O/c1-16-8-9-20(22(3)12-13-23-22)19(14-16)17-6-4-7-18(15-17)21(2)10-5-11-21/h4,6-9,14-15H,5,10-13H2,1-3H3. The third-order valence-electron chi connectivity index (χ3n) is 6.07. The van der Waals surface area contributed by atoms with Crippen molar-refractivity contribution in [2.24, 2.45) is 0 Å². The molecule has 2 aromatic rings. The van der Waals surface area contributed by atoms with E-state index >= 15 is 0 Å². The van der Waals surface area contributed by atoms with E-state index in [9.17, 15) is 0 Å². The molecule has 1 aliphatic heterocycles. The van der Waals surface area contributed by atoms with Crippen LogP contribution in [0, 0.1) is 6.92 Å². The van der Waals surface area contributed by atoms with E-state index in [2.05, 4.69) is 63.2 Å². The van der Waals surface area contributed by atoms with Gasteiger partial charge in [-0.15, -0.1) is 0 Å². The van der Waals surface area contributed by atoms with Crippen LogP contribution in [0.5, 0.6) is 0 Å². The van der Waals surface area contributed by atoms with E-state index in [-0.39, 0.29) is 5.60 Å². The van der Waals surface area contributed by atoms with Crippen LogP contribution in [0.4, 0.5) is 0 Å². The lowest BCUT2D eigenvalue weighted by molar-refractivity contribution is -0.140. The summed E-state index contributed by atoms with van der Waals surface area (Å²) >= 11 is 0. The zero-order valence-electron chi connectivity index (χ0n) is 14.5. The number of benzene rings is 2. The molecule has 1 heteroatoms. The predicted octanol–water partition coefficient (Wildman–Crippen LogP) is 5.74. The molecule has 1 nitrogen and oxygen atoms in total. The largest absolute Gasteiger partial charge is 0.370 e. The molecule has 0 amide bonds. The van der Waals surface area contributed by atoms with E-state index in [0.29, 0.717) is 5.41 Å². The van der Waals surface area contributed by atoms with E-state index in [0.717, 1.165) is 13.0 Å². The average molecular weight is 306 g/mol. The predicted molar refractivity (Wildman–Crippen MR) is 95.7 cm³/mol. The van der Waals surface area contributed by atoms with Crippen molar-refractivity contribution >= 4 is 0 Å². The summed E-state index contributed by atoms with van der Waals surface area (Å²) in [5, 5.41) is 0. The van der Waals surface area contributed by atoms with Gasteiger partial charge in [0, 0.05) is 6.42 Å². The molecule has 1 heterocycles. The Bertz CT molecular complexity index is 735. The molecule has 0 spiro atoms. The van der Waals surface area contributed by atoms with Crippen LogP contribution >= 0.6 is 0 Å². The third-order valence-corrected chi connectivity index (χ3v) is 6.07. The highest BCUT2D eigenvalue weighted by Crippen LogP contribution is 2.46. The fourth-order valence-corrected chi connectivity index (χ4v) is 4.04. The molecule has 0 radical (unpaired) electrons. The van der Waals surface area contributed by atoms with Crippen LogP contribution in [0.1, 0.15) is 56.2 Å². The minimum Gasteiger partial charge on any atom is -0.370 e. The van der Waals surface area contributed by atoms with Crippen molar-refractivity contribution in [3.8, 4) is 11.1 Å². The second kappa shape index (κ2) is 5.21. The molecule has 2 fully saturated rings. The van der Waals surface area contributed by atoms with E-state index in [1.807, 2.05) is 0 Å². The van der Waals surface area contributed by atoms with Gasteiger partial charge in [0.25, 0.3) is 0 Å². The molecule has 1 unspecified atom stereocenters. The maximum absolute atomic E-state index is 5.94. The van der Waals surface area contributed by atoms with Crippen molar-refractivity contribution in [1.29, 1.82) is 0 Å². The molecule has 2 aromatic carbocycles. The molecule has 0 N–H and O–H groups in total. The van der Waals surface area contributed by atoms with Crippen molar-refractivity contribution in [3.63, 3.8) is 0 Å². The second-order valence-electron chi connectivity index (χ2n) is 7.87. The first-order valence-electron chi connectivity index (χ1n) is 8.86. The van der Waals surface area contributed by atoms with Gasteiger partial charge in [-0.1, -0.05) is 61.4 Å². The van der Waals surface area contributed by atoms with Gasteiger partial charge in [-0.2, -0.15) is 0 Å². The number of hydrogen-bond donors (Lipinski definition) is 0. The number of hydrogen-bond acceptors (Lipinski definition) is 1. The average Bonchev–Trinajstić information content (AvgIpc) is 2.50. The van der Waals surface area contributed by atoms with Crippen LogP contribution in [-0.4, -0.2) is 6.61 Å². The summed E-state index contributed by atoms with van der Waals surface area (Å²) in [5.74, 6) is 0. The zero-order valence-corrected chi connectivity index (χ0v) is 14.5. The van der Waals surface area contributed by atoms with Crippen molar-refractivity contribution in [1.82, 2.24) is 0 Å². The maximum Gasteiger partial charge on any atom is 0.0931 e. The first-order chi connectivity index (χ1) is 11.0. The van der Waals surface area contributed by atoms with E-state index in [1.54, 1.807) is 0 Å². The minimum atomic E-state index is -0.112. The highest BCUT2D eigenvalue weighted by molar-refractivity contribution is 5.70. The van der Waals surface area contributed by atoms with E-state index in [1.165, 1.54) is 47.1 Å². The molecular weight excluding hydrogens is 280 g/mol. The highest BCUT2D eigenvalue weighted by Gasteiger charge is 2.37. The van der Waals surface area contributed by atoms with Gasteiger partial charge in [0.2, 0.25) is 0 Å². The van der Waals surface area contributed by atoms with Crippen LogP contribution in [0.25, 0.3) is 11.1 Å². The summed E-state index contributed by atoms with van der Waals surface area (Å²) in [4.78, 5) is 0. The van der Waals surface area contributed by atoms with Crippen LogP contribution in [0.2, 0.25) is 0 Å². The summed E-state index contributed by atoms with van der Waals surface area (Å²) in [7, 11) is 0. The van der Waals surface area contributed by atoms with Crippen LogP contribution in [0.3, 0.4) is 0 Å². The molecule has 1 saturated heterocycles. The quantitative estimate of drug-likeness (QED) is 0.702. The van der Waals surface area contributed by atoms with Gasteiger partial charge in [-0.05, 0) is 54.4 Å². The van der Waals surface area contributed by atoms with Gasteiger partial charge in [-0.25, -0.2) is 0 Å². The van der Waals surface area contributed by atoms with Gasteiger partial charge >= 0.3 is 0 Å². The molecule has 23 heavy (non-hydrogen) atoms. The Morgan fingerprint density at radius 2 is 1.74 bits per heavy atom. The molecular formula is C22H26O.